The molecule has 4 heteroatoms. The Labute approximate surface area is 111 Å². The summed E-state index contributed by atoms with van der Waals surface area (Å²) in [6.07, 6.45) is 4.96. The van der Waals surface area contributed by atoms with Gasteiger partial charge in [-0.05, 0) is 29.7 Å². The first-order chi connectivity index (χ1) is 8.75. The molecule has 2 N–H and O–H groups in total. The summed E-state index contributed by atoms with van der Waals surface area (Å²) < 4.78 is 0. The average molecular weight is 263 g/mol. The molecule has 0 spiro atoms. The van der Waals surface area contributed by atoms with Gasteiger partial charge >= 0.3 is 0 Å². The fourth-order valence-electron chi connectivity index (χ4n) is 1.74. The lowest BCUT2D eigenvalue weighted by molar-refractivity contribution is -0.120. The van der Waals surface area contributed by atoms with E-state index in [9.17, 15) is 4.79 Å². The molecular weight excluding hydrogens is 248 g/mol. The molecular formula is C14H15ClN2O. The lowest BCUT2D eigenvalue weighted by Gasteiger charge is -2.05. The summed E-state index contributed by atoms with van der Waals surface area (Å²) in [6, 6.07) is 9.40. The molecule has 0 radical (unpaired) electrons. The number of nitrogens with one attached hydrogen (secondary N) is 2. The summed E-state index contributed by atoms with van der Waals surface area (Å²) >= 11 is 6.00. The SMILES string of the molecule is O=C(Cc1ccccc1Cl)NCCc1cc[nH]c1. The van der Waals surface area contributed by atoms with Gasteiger partial charge in [0.1, 0.15) is 0 Å². The van der Waals surface area contributed by atoms with Gasteiger partial charge in [-0.15, -0.1) is 0 Å². The zero-order chi connectivity index (χ0) is 12.8. The molecule has 1 aromatic heterocycles. The van der Waals surface area contributed by atoms with Crippen molar-refractivity contribution in [3.8, 4) is 0 Å². The smallest absolute Gasteiger partial charge is 0.224 e. The molecule has 2 rings (SSSR count). The maximum atomic E-state index is 11.7. The predicted molar refractivity (Wildman–Crippen MR) is 72.7 cm³/mol. The largest absolute Gasteiger partial charge is 0.367 e. The second-order valence-electron chi connectivity index (χ2n) is 4.09. The quantitative estimate of drug-likeness (QED) is 0.855. The van der Waals surface area contributed by atoms with Crippen LogP contribution in [0.25, 0.3) is 0 Å². The van der Waals surface area contributed by atoms with Crippen LogP contribution in [-0.2, 0) is 17.6 Å². The Bertz CT molecular complexity index is 508. The van der Waals surface area contributed by atoms with E-state index in [0.29, 0.717) is 18.0 Å². The van der Waals surface area contributed by atoms with Gasteiger partial charge in [0.15, 0.2) is 0 Å². The topological polar surface area (TPSA) is 44.9 Å². The molecule has 0 aliphatic heterocycles. The molecule has 0 aliphatic rings. The fourth-order valence-corrected chi connectivity index (χ4v) is 1.94. The number of halogens is 1. The summed E-state index contributed by atoms with van der Waals surface area (Å²) in [5.74, 6) is -0.00126. The molecule has 18 heavy (non-hydrogen) atoms. The molecule has 0 aliphatic carbocycles. The van der Waals surface area contributed by atoms with Crippen LogP contribution in [0.15, 0.2) is 42.7 Å². The summed E-state index contributed by atoms with van der Waals surface area (Å²) in [5.41, 5.74) is 2.05. The number of H-pyrrole nitrogens is 1. The van der Waals surface area contributed by atoms with E-state index in [-0.39, 0.29) is 5.91 Å². The van der Waals surface area contributed by atoms with Gasteiger partial charge in [-0.3, -0.25) is 4.79 Å². The Morgan fingerprint density at radius 1 is 1.28 bits per heavy atom. The molecule has 94 valence electrons. The predicted octanol–water partition coefficient (Wildman–Crippen LogP) is 2.57. The number of carbonyl (C=O) groups excluding carboxylic acids is 1. The van der Waals surface area contributed by atoms with Crippen LogP contribution in [0.4, 0.5) is 0 Å². The highest BCUT2D eigenvalue weighted by molar-refractivity contribution is 6.31. The molecule has 0 saturated carbocycles. The van der Waals surface area contributed by atoms with Crippen molar-refractivity contribution in [2.75, 3.05) is 6.54 Å². The first-order valence-corrected chi connectivity index (χ1v) is 6.25. The highest BCUT2D eigenvalue weighted by atomic mass is 35.5. The molecule has 2 aromatic rings. The maximum Gasteiger partial charge on any atom is 0.224 e. The monoisotopic (exact) mass is 262 g/mol. The third-order valence-corrected chi connectivity index (χ3v) is 3.08. The van der Waals surface area contributed by atoms with Crippen LogP contribution in [0.3, 0.4) is 0 Å². The van der Waals surface area contributed by atoms with Crippen LogP contribution < -0.4 is 5.32 Å². The van der Waals surface area contributed by atoms with E-state index in [4.69, 9.17) is 11.6 Å². The summed E-state index contributed by atoms with van der Waals surface area (Å²) in [5, 5.41) is 3.52. The van der Waals surface area contributed by atoms with Crippen LogP contribution in [0, 0.1) is 0 Å². The Balaban J connectivity index is 1.77. The number of rotatable bonds is 5. The molecule has 0 bridgehead atoms. The van der Waals surface area contributed by atoms with Crippen molar-refractivity contribution in [1.29, 1.82) is 0 Å². The first-order valence-electron chi connectivity index (χ1n) is 5.87. The lowest BCUT2D eigenvalue weighted by atomic mass is 10.1. The molecule has 1 aromatic carbocycles. The number of hydrogen-bond donors (Lipinski definition) is 2. The zero-order valence-corrected chi connectivity index (χ0v) is 10.7. The molecule has 1 amide bonds. The Kier molecular flexibility index (Phi) is 4.42. The van der Waals surface area contributed by atoms with Gasteiger partial charge < -0.3 is 10.3 Å². The minimum absolute atomic E-state index is 0.00126. The van der Waals surface area contributed by atoms with E-state index in [1.54, 1.807) is 6.07 Å². The van der Waals surface area contributed by atoms with Crippen LogP contribution in [0.5, 0.6) is 0 Å². The van der Waals surface area contributed by atoms with Crippen molar-refractivity contribution in [3.63, 3.8) is 0 Å². The summed E-state index contributed by atoms with van der Waals surface area (Å²) in [7, 11) is 0. The van der Waals surface area contributed by atoms with Gasteiger partial charge in [0.25, 0.3) is 0 Å². The lowest BCUT2D eigenvalue weighted by Crippen LogP contribution is -2.27. The number of carbonyl (C=O) groups is 1. The molecule has 3 nitrogen and oxygen atoms in total. The Morgan fingerprint density at radius 3 is 2.83 bits per heavy atom. The maximum absolute atomic E-state index is 11.7. The number of aromatic amines is 1. The number of amides is 1. The second kappa shape index (κ2) is 6.26. The van der Waals surface area contributed by atoms with Gasteiger partial charge in [-0.2, -0.15) is 0 Å². The fraction of sp³-hybridized carbons (Fsp3) is 0.214. The van der Waals surface area contributed by atoms with E-state index in [1.807, 2.05) is 36.7 Å². The standard InChI is InChI=1S/C14H15ClN2O/c15-13-4-2-1-3-12(13)9-14(18)17-8-6-11-5-7-16-10-11/h1-5,7,10,16H,6,8-9H2,(H,17,18). The first kappa shape index (κ1) is 12.7. The average Bonchev–Trinajstić information content (AvgIpc) is 2.85. The normalized spacial score (nSPS) is 10.3. The Morgan fingerprint density at radius 2 is 2.11 bits per heavy atom. The Hall–Kier alpha value is -1.74. The van der Waals surface area contributed by atoms with Gasteiger partial charge in [0.2, 0.25) is 5.91 Å². The minimum Gasteiger partial charge on any atom is -0.367 e. The van der Waals surface area contributed by atoms with Crippen LogP contribution in [0.2, 0.25) is 5.02 Å². The minimum atomic E-state index is -0.00126. The highest BCUT2D eigenvalue weighted by Crippen LogP contribution is 2.15. The third-order valence-electron chi connectivity index (χ3n) is 2.71. The highest BCUT2D eigenvalue weighted by Gasteiger charge is 2.05. The van der Waals surface area contributed by atoms with Crippen molar-refractivity contribution in [2.24, 2.45) is 0 Å². The van der Waals surface area contributed by atoms with E-state index >= 15 is 0 Å². The summed E-state index contributed by atoms with van der Waals surface area (Å²) in [4.78, 5) is 14.7. The van der Waals surface area contributed by atoms with Crippen molar-refractivity contribution in [1.82, 2.24) is 10.3 Å². The van der Waals surface area contributed by atoms with Crippen molar-refractivity contribution in [2.45, 2.75) is 12.8 Å². The number of hydrogen-bond acceptors (Lipinski definition) is 1. The molecule has 0 saturated heterocycles. The van der Waals surface area contributed by atoms with Crippen molar-refractivity contribution in [3.05, 3.63) is 58.9 Å². The molecule has 1 heterocycles. The molecule has 0 unspecified atom stereocenters. The van der Waals surface area contributed by atoms with E-state index in [1.165, 1.54) is 5.56 Å². The van der Waals surface area contributed by atoms with Gasteiger partial charge in [0, 0.05) is 24.0 Å². The zero-order valence-electron chi connectivity index (χ0n) is 9.95. The number of benzene rings is 1. The van der Waals surface area contributed by atoms with Crippen LogP contribution in [0.1, 0.15) is 11.1 Å². The van der Waals surface area contributed by atoms with E-state index in [0.717, 1.165) is 12.0 Å². The van der Waals surface area contributed by atoms with Crippen molar-refractivity contribution < 1.29 is 4.79 Å². The van der Waals surface area contributed by atoms with Crippen LogP contribution in [-0.4, -0.2) is 17.4 Å². The van der Waals surface area contributed by atoms with Gasteiger partial charge in [-0.25, -0.2) is 0 Å². The third kappa shape index (κ3) is 3.64. The van der Waals surface area contributed by atoms with E-state index in [2.05, 4.69) is 10.3 Å². The molecule has 0 fully saturated rings. The summed E-state index contributed by atoms with van der Waals surface area (Å²) in [6.45, 7) is 0.640. The van der Waals surface area contributed by atoms with Crippen LogP contribution >= 0.6 is 11.6 Å². The van der Waals surface area contributed by atoms with E-state index < -0.39 is 0 Å². The van der Waals surface area contributed by atoms with Gasteiger partial charge in [0.05, 0.1) is 6.42 Å². The second-order valence-corrected chi connectivity index (χ2v) is 4.49. The molecule has 0 atom stereocenters. The van der Waals surface area contributed by atoms with Gasteiger partial charge in [-0.1, -0.05) is 29.8 Å². The van der Waals surface area contributed by atoms with Crippen molar-refractivity contribution >= 4 is 17.5 Å². The number of aromatic nitrogens is 1.